The zero-order valence-corrected chi connectivity index (χ0v) is 24.4. The SMILES string of the molecule is CC(C)(c1ccc(C(C)(C)c2cc(N)c(O)c(C(F)(F)C(F)C(F)(F)F)c2)cc1)c1cc(N)c(O)c(C(F)(F)C(F)C(F)(F)F)c1. The second kappa shape index (κ2) is 11.4. The number of phenols is 2. The summed E-state index contributed by atoms with van der Waals surface area (Å²) in [5.74, 6) is -13.3. The highest BCUT2D eigenvalue weighted by molar-refractivity contribution is 5.63. The van der Waals surface area contributed by atoms with Gasteiger partial charge in [-0.25, -0.2) is 8.78 Å². The third-order valence-corrected chi connectivity index (χ3v) is 7.98. The molecule has 3 aromatic carbocycles. The molecule has 0 radical (unpaired) electrons. The summed E-state index contributed by atoms with van der Waals surface area (Å²) < 4.78 is 163. The molecule has 2 atom stereocenters. The van der Waals surface area contributed by atoms with Crippen molar-refractivity contribution in [1.82, 2.24) is 0 Å². The second-order valence-electron chi connectivity index (χ2n) is 11.8. The van der Waals surface area contributed by atoms with Crippen molar-refractivity contribution >= 4 is 11.4 Å². The fourth-order valence-corrected chi connectivity index (χ4v) is 4.86. The van der Waals surface area contributed by atoms with Gasteiger partial charge in [0.2, 0.25) is 0 Å². The fourth-order valence-electron chi connectivity index (χ4n) is 4.86. The van der Waals surface area contributed by atoms with E-state index in [0.29, 0.717) is 23.3 Å². The highest BCUT2D eigenvalue weighted by Crippen LogP contribution is 2.50. The van der Waals surface area contributed by atoms with Crippen molar-refractivity contribution < 1.29 is 62.9 Å². The van der Waals surface area contributed by atoms with Crippen molar-refractivity contribution in [2.24, 2.45) is 0 Å². The lowest BCUT2D eigenvalue weighted by Gasteiger charge is -2.32. The van der Waals surface area contributed by atoms with Gasteiger partial charge in [-0.2, -0.15) is 43.9 Å². The van der Waals surface area contributed by atoms with Gasteiger partial charge in [0.05, 0.1) is 22.5 Å². The van der Waals surface area contributed by atoms with Crippen molar-refractivity contribution in [3.8, 4) is 11.5 Å². The summed E-state index contributed by atoms with van der Waals surface area (Å²) in [5, 5.41) is 20.1. The Hall–Kier alpha value is -3.98. The molecule has 0 aliphatic carbocycles. The van der Waals surface area contributed by atoms with Crippen LogP contribution < -0.4 is 11.5 Å². The van der Waals surface area contributed by atoms with Crippen molar-refractivity contribution in [1.29, 1.82) is 0 Å². The lowest BCUT2D eigenvalue weighted by molar-refractivity contribution is -0.249. The van der Waals surface area contributed by atoms with Crippen LogP contribution in [-0.2, 0) is 22.7 Å². The van der Waals surface area contributed by atoms with Crippen LogP contribution in [0.15, 0.2) is 48.5 Å². The van der Waals surface area contributed by atoms with Crippen LogP contribution >= 0.6 is 0 Å². The van der Waals surface area contributed by atoms with E-state index in [1.54, 1.807) is 0 Å². The first-order valence-electron chi connectivity index (χ1n) is 13.1. The highest BCUT2D eigenvalue weighted by Gasteiger charge is 2.60. The van der Waals surface area contributed by atoms with Gasteiger partial charge in [-0.05, 0) is 46.5 Å². The normalized spacial score (nSPS) is 15.1. The smallest absolute Gasteiger partial charge is 0.426 e. The topological polar surface area (TPSA) is 92.5 Å². The lowest BCUT2D eigenvalue weighted by atomic mass is 9.73. The molecule has 0 aliphatic heterocycles. The molecule has 0 fully saturated rings. The zero-order chi connectivity index (χ0) is 35.6. The summed E-state index contributed by atoms with van der Waals surface area (Å²) in [6.45, 7) is 5.78. The van der Waals surface area contributed by atoms with E-state index >= 15 is 0 Å². The van der Waals surface area contributed by atoms with Crippen LogP contribution in [0.2, 0.25) is 0 Å². The molecule has 0 heterocycles. The molecule has 3 aromatic rings. The Morgan fingerprint density at radius 3 is 1.00 bits per heavy atom. The summed E-state index contributed by atoms with van der Waals surface area (Å²) >= 11 is 0. The number of nitrogen functional groups attached to an aromatic ring is 2. The first-order chi connectivity index (χ1) is 20.6. The molecule has 0 spiro atoms. The van der Waals surface area contributed by atoms with E-state index in [1.165, 1.54) is 52.0 Å². The van der Waals surface area contributed by atoms with E-state index in [0.717, 1.165) is 12.1 Å². The summed E-state index contributed by atoms with van der Waals surface area (Å²) in [4.78, 5) is 0. The third-order valence-electron chi connectivity index (χ3n) is 7.98. The van der Waals surface area contributed by atoms with Gasteiger partial charge >= 0.3 is 24.2 Å². The van der Waals surface area contributed by atoms with Crippen LogP contribution in [-0.4, -0.2) is 34.9 Å². The fraction of sp³-hybridized carbons (Fsp3) is 0.400. The Kier molecular flexibility index (Phi) is 9.02. The quantitative estimate of drug-likeness (QED) is 0.109. The summed E-state index contributed by atoms with van der Waals surface area (Å²) in [6.07, 6.45) is -21.3. The monoisotopic (exact) mass is 676 g/mol. The molecular weight excluding hydrogens is 648 g/mol. The Morgan fingerprint density at radius 1 is 0.500 bits per heavy atom. The van der Waals surface area contributed by atoms with Crippen molar-refractivity contribution in [3.05, 3.63) is 81.9 Å². The first-order valence-corrected chi connectivity index (χ1v) is 13.1. The van der Waals surface area contributed by atoms with Crippen LogP contribution in [0.3, 0.4) is 0 Å². The second-order valence-corrected chi connectivity index (χ2v) is 11.8. The van der Waals surface area contributed by atoms with Crippen LogP contribution in [0, 0.1) is 0 Å². The molecule has 3 rings (SSSR count). The number of phenolic OH excluding ortho intramolecular Hbond substituents is 2. The number of nitrogens with two attached hydrogens (primary N) is 2. The molecule has 2 unspecified atom stereocenters. The Labute approximate surface area is 254 Å². The molecule has 254 valence electrons. The van der Waals surface area contributed by atoms with Crippen molar-refractivity contribution in [3.63, 3.8) is 0 Å². The Morgan fingerprint density at radius 2 is 0.761 bits per heavy atom. The number of rotatable bonds is 8. The molecule has 0 aliphatic rings. The van der Waals surface area contributed by atoms with Gasteiger partial charge in [-0.1, -0.05) is 52.0 Å². The number of hydrogen-bond donors (Lipinski definition) is 4. The molecule has 46 heavy (non-hydrogen) atoms. The maximum Gasteiger partial charge on any atom is 0.426 e. The largest absolute Gasteiger partial charge is 0.505 e. The number of halogens is 12. The Bertz CT molecular complexity index is 1480. The summed E-state index contributed by atoms with van der Waals surface area (Å²) in [5.41, 5.74) is 3.92. The van der Waals surface area contributed by atoms with E-state index in [9.17, 15) is 62.9 Å². The predicted octanol–water partition coefficient (Wildman–Crippen LogP) is 8.90. The molecule has 0 bridgehead atoms. The average Bonchev–Trinajstić information content (AvgIpc) is 2.93. The minimum atomic E-state index is -5.97. The first kappa shape index (κ1) is 36.5. The minimum Gasteiger partial charge on any atom is -0.505 e. The molecule has 16 heteroatoms. The van der Waals surface area contributed by atoms with E-state index in [4.69, 9.17) is 11.5 Å². The van der Waals surface area contributed by atoms with Crippen molar-refractivity contribution in [2.45, 2.75) is 75.1 Å². The highest BCUT2D eigenvalue weighted by atomic mass is 19.4. The van der Waals surface area contributed by atoms with Gasteiger partial charge in [0.25, 0.3) is 12.3 Å². The van der Waals surface area contributed by atoms with E-state index < -0.39 is 81.4 Å². The van der Waals surface area contributed by atoms with Crippen molar-refractivity contribution in [2.75, 3.05) is 11.5 Å². The molecule has 0 amide bonds. The van der Waals surface area contributed by atoms with Gasteiger partial charge in [-0.15, -0.1) is 0 Å². The van der Waals surface area contributed by atoms with Gasteiger partial charge in [0.1, 0.15) is 11.5 Å². The van der Waals surface area contributed by atoms with Gasteiger partial charge in [0.15, 0.2) is 0 Å². The number of hydrogen-bond acceptors (Lipinski definition) is 4. The molecular formula is C30H28F12N2O2. The summed E-state index contributed by atoms with van der Waals surface area (Å²) in [6, 6.07) is 8.63. The summed E-state index contributed by atoms with van der Waals surface area (Å²) in [7, 11) is 0. The lowest BCUT2D eigenvalue weighted by Crippen LogP contribution is -2.40. The Balaban J connectivity index is 2.08. The molecule has 0 saturated heterocycles. The predicted molar refractivity (Wildman–Crippen MR) is 145 cm³/mol. The zero-order valence-electron chi connectivity index (χ0n) is 24.4. The van der Waals surface area contributed by atoms with Gasteiger partial charge in [0, 0.05) is 10.8 Å². The third kappa shape index (κ3) is 6.34. The van der Waals surface area contributed by atoms with Crippen LogP contribution in [0.1, 0.15) is 61.1 Å². The van der Waals surface area contributed by atoms with E-state index in [1.807, 2.05) is 0 Å². The van der Waals surface area contributed by atoms with Gasteiger partial charge < -0.3 is 21.7 Å². The number of alkyl halides is 12. The molecule has 6 N–H and O–H groups in total. The number of anilines is 2. The van der Waals surface area contributed by atoms with E-state index in [2.05, 4.69) is 0 Å². The van der Waals surface area contributed by atoms with E-state index in [-0.39, 0.29) is 11.1 Å². The minimum absolute atomic E-state index is 0.150. The van der Waals surface area contributed by atoms with Crippen LogP contribution in [0.25, 0.3) is 0 Å². The maximum atomic E-state index is 14.6. The number of benzene rings is 3. The van der Waals surface area contributed by atoms with Crippen LogP contribution in [0.5, 0.6) is 11.5 Å². The van der Waals surface area contributed by atoms with Crippen LogP contribution in [0.4, 0.5) is 64.1 Å². The van der Waals surface area contributed by atoms with Gasteiger partial charge in [-0.3, -0.25) is 0 Å². The molecule has 0 saturated carbocycles. The molecule has 4 nitrogen and oxygen atoms in total. The standard InChI is InChI=1S/C30H28F12N2O2/c1-25(2,15-9-17(21(45)19(43)11-15)27(33,34)23(31)29(37,38)39)13-5-7-14(8-6-13)26(3,4)16-10-18(22(46)20(44)12-16)28(35,36)24(32)30(40,41)42/h5-12,23-24,45-46H,43-44H2,1-4H3. The number of aromatic hydroxyl groups is 2. The average molecular weight is 677 g/mol. The maximum absolute atomic E-state index is 14.6. The molecule has 0 aromatic heterocycles.